The van der Waals surface area contributed by atoms with E-state index >= 15 is 0 Å². The van der Waals surface area contributed by atoms with Gasteiger partial charge in [-0.15, -0.1) is 0 Å². The first-order chi connectivity index (χ1) is 8.29. The Morgan fingerprint density at radius 1 is 1.39 bits per heavy atom. The Morgan fingerprint density at radius 3 is 2.50 bits per heavy atom. The van der Waals surface area contributed by atoms with Gasteiger partial charge in [0, 0.05) is 0 Å². The monoisotopic (exact) mass is 269 g/mol. The highest BCUT2D eigenvalue weighted by Crippen LogP contribution is 2.20. The maximum absolute atomic E-state index is 6.07. The summed E-state index contributed by atoms with van der Waals surface area (Å²) >= 11 is 6.07. The quantitative estimate of drug-likeness (QED) is 0.918. The highest BCUT2D eigenvalue weighted by atomic mass is 35.5. The van der Waals surface area contributed by atoms with Crippen LogP contribution in [0.4, 0.5) is 0 Å². The molecule has 0 unspecified atom stereocenters. The summed E-state index contributed by atoms with van der Waals surface area (Å²) in [5.41, 5.74) is 6.94. The molecule has 0 saturated carbocycles. The van der Waals surface area contributed by atoms with E-state index in [1.54, 1.807) is 4.68 Å². The molecule has 0 aromatic carbocycles. The van der Waals surface area contributed by atoms with Crippen LogP contribution in [-0.4, -0.2) is 19.9 Å². The van der Waals surface area contributed by atoms with E-state index in [4.69, 9.17) is 21.9 Å². The van der Waals surface area contributed by atoms with Crippen molar-refractivity contribution in [1.82, 2.24) is 19.9 Å². The predicted octanol–water partition coefficient (Wildman–Crippen LogP) is 1.78. The Labute approximate surface area is 110 Å². The molecule has 7 heteroatoms. The smallest absolute Gasteiger partial charge is 0.248 e. The van der Waals surface area contributed by atoms with Gasteiger partial charge >= 0.3 is 0 Å². The number of hydrogen-bond donors (Lipinski definition) is 1. The van der Waals surface area contributed by atoms with Gasteiger partial charge in [0.1, 0.15) is 6.54 Å². The van der Waals surface area contributed by atoms with E-state index < -0.39 is 5.54 Å². The van der Waals surface area contributed by atoms with Crippen molar-refractivity contribution in [2.24, 2.45) is 5.73 Å². The molecule has 0 fully saturated rings. The minimum atomic E-state index is -0.617. The van der Waals surface area contributed by atoms with Gasteiger partial charge in [-0.1, -0.05) is 16.8 Å². The van der Waals surface area contributed by atoms with Crippen molar-refractivity contribution >= 4 is 11.6 Å². The molecule has 18 heavy (non-hydrogen) atoms. The summed E-state index contributed by atoms with van der Waals surface area (Å²) in [6.07, 6.45) is 0. The molecule has 98 valence electrons. The number of rotatable bonds is 3. The molecule has 2 heterocycles. The molecule has 0 aliphatic carbocycles. The Morgan fingerprint density at radius 2 is 2.06 bits per heavy atom. The molecule has 0 radical (unpaired) electrons. The normalized spacial score (nSPS) is 12.1. The molecule has 2 rings (SSSR count). The maximum Gasteiger partial charge on any atom is 0.248 e. The zero-order valence-corrected chi connectivity index (χ0v) is 11.6. The zero-order valence-electron chi connectivity index (χ0n) is 10.9. The molecule has 0 atom stereocenters. The lowest BCUT2D eigenvalue weighted by Crippen LogP contribution is -2.30. The zero-order chi connectivity index (χ0) is 13.5. The minimum absolute atomic E-state index is 0.391. The number of nitrogens with two attached hydrogens (primary N) is 1. The summed E-state index contributed by atoms with van der Waals surface area (Å²) in [6, 6.07) is 0. The van der Waals surface area contributed by atoms with Gasteiger partial charge in [-0.25, -0.2) is 0 Å². The second kappa shape index (κ2) is 4.37. The number of nitrogens with zero attached hydrogens (tertiary/aromatic N) is 4. The molecule has 0 spiro atoms. The molecule has 2 aromatic rings. The van der Waals surface area contributed by atoms with Gasteiger partial charge in [0.25, 0.3) is 0 Å². The molecular formula is C11H16ClN5O. The fourth-order valence-electron chi connectivity index (χ4n) is 1.54. The third-order valence-electron chi connectivity index (χ3n) is 2.62. The largest absolute Gasteiger partial charge is 0.337 e. The van der Waals surface area contributed by atoms with Crippen LogP contribution < -0.4 is 5.73 Å². The summed E-state index contributed by atoms with van der Waals surface area (Å²) in [5, 5.41) is 8.82. The second-order valence-electron chi connectivity index (χ2n) is 4.88. The third kappa shape index (κ3) is 2.39. The van der Waals surface area contributed by atoms with Crippen LogP contribution in [0.15, 0.2) is 4.52 Å². The predicted molar refractivity (Wildman–Crippen MR) is 67.3 cm³/mol. The van der Waals surface area contributed by atoms with E-state index in [9.17, 15) is 0 Å². The Balaban J connectivity index is 2.24. The molecule has 2 aromatic heterocycles. The first-order valence-electron chi connectivity index (χ1n) is 5.60. The van der Waals surface area contributed by atoms with Gasteiger partial charge in [-0.3, -0.25) is 4.68 Å². The molecule has 2 N–H and O–H groups in total. The third-order valence-corrected chi connectivity index (χ3v) is 3.17. The lowest BCUT2D eigenvalue weighted by atomic mass is 10.1. The fraction of sp³-hybridized carbons (Fsp3) is 0.545. The lowest BCUT2D eigenvalue weighted by molar-refractivity contribution is 0.350. The first kappa shape index (κ1) is 13.0. The summed E-state index contributed by atoms with van der Waals surface area (Å²) in [7, 11) is 0. The van der Waals surface area contributed by atoms with E-state index in [1.807, 2.05) is 27.7 Å². The van der Waals surface area contributed by atoms with Crippen molar-refractivity contribution < 1.29 is 4.52 Å². The van der Waals surface area contributed by atoms with Crippen LogP contribution in [-0.2, 0) is 12.1 Å². The van der Waals surface area contributed by atoms with Crippen molar-refractivity contribution in [2.75, 3.05) is 0 Å². The molecule has 0 aliphatic heterocycles. The van der Waals surface area contributed by atoms with Crippen LogP contribution in [0, 0.1) is 13.8 Å². The van der Waals surface area contributed by atoms with Crippen molar-refractivity contribution in [3.63, 3.8) is 0 Å². The van der Waals surface area contributed by atoms with Gasteiger partial charge in [-0.05, 0) is 27.7 Å². The van der Waals surface area contributed by atoms with E-state index in [2.05, 4.69) is 15.2 Å². The van der Waals surface area contributed by atoms with Gasteiger partial charge in [0.05, 0.1) is 21.9 Å². The van der Waals surface area contributed by atoms with E-state index in [1.165, 1.54) is 0 Å². The summed E-state index contributed by atoms with van der Waals surface area (Å²) in [6.45, 7) is 7.78. The number of aromatic nitrogens is 4. The first-order valence-corrected chi connectivity index (χ1v) is 5.98. The maximum atomic E-state index is 6.07. The number of halogens is 1. The van der Waals surface area contributed by atoms with Crippen LogP contribution in [0.25, 0.3) is 0 Å². The molecule has 0 amide bonds. The van der Waals surface area contributed by atoms with Gasteiger partial charge in [0.15, 0.2) is 5.82 Å². The van der Waals surface area contributed by atoms with Gasteiger partial charge < -0.3 is 10.3 Å². The molecule has 0 bridgehead atoms. The Bertz CT molecular complexity index is 566. The molecule has 0 saturated heterocycles. The molecule has 0 aliphatic rings. The van der Waals surface area contributed by atoms with Crippen LogP contribution in [0.1, 0.15) is 37.0 Å². The van der Waals surface area contributed by atoms with E-state index in [-0.39, 0.29) is 0 Å². The highest BCUT2D eigenvalue weighted by Gasteiger charge is 2.22. The Hall–Kier alpha value is -1.40. The van der Waals surface area contributed by atoms with Crippen molar-refractivity contribution in [3.8, 4) is 0 Å². The standard InChI is InChI=1S/C11H16ClN5O/c1-6-9(12)7(2)17(15-6)5-8-14-10(16-18-8)11(3,4)13/h5,13H2,1-4H3. The van der Waals surface area contributed by atoms with E-state index in [0.29, 0.717) is 23.3 Å². The molecule has 6 nitrogen and oxygen atoms in total. The number of hydrogen-bond acceptors (Lipinski definition) is 5. The average molecular weight is 270 g/mol. The summed E-state index contributed by atoms with van der Waals surface area (Å²) < 4.78 is 6.89. The summed E-state index contributed by atoms with van der Waals surface area (Å²) in [5.74, 6) is 0.941. The van der Waals surface area contributed by atoms with Crippen LogP contribution in [0.5, 0.6) is 0 Å². The van der Waals surface area contributed by atoms with Crippen LogP contribution >= 0.6 is 11.6 Å². The highest BCUT2D eigenvalue weighted by molar-refractivity contribution is 6.31. The molecular weight excluding hydrogens is 254 g/mol. The minimum Gasteiger partial charge on any atom is -0.337 e. The van der Waals surface area contributed by atoms with Crippen molar-refractivity contribution in [3.05, 3.63) is 28.1 Å². The Kier molecular flexibility index (Phi) is 3.16. The van der Waals surface area contributed by atoms with Crippen LogP contribution in [0.3, 0.4) is 0 Å². The average Bonchev–Trinajstić information content (AvgIpc) is 2.81. The fourth-order valence-corrected chi connectivity index (χ4v) is 1.67. The lowest BCUT2D eigenvalue weighted by Gasteiger charge is -2.11. The van der Waals surface area contributed by atoms with Gasteiger partial charge in [0.2, 0.25) is 5.89 Å². The van der Waals surface area contributed by atoms with Crippen molar-refractivity contribution in [1.29, 1.82) is 0 Å². The summed E-state index contributed by atoms with van der Waals surface area (Å²) in [4.78, 5) is 4.25. The van der Waals surface area contributed by atoms with Crippen LogP contribution in [0.2, 0.25) is 5.02 Å². The van der Waals surface area contributed by atoms with E-state index in [0.717, 1.165) is 11.4 Å². The van der Waals surface area contributed by atoms with Crippen molar-refractivity contribution in [2.45, 2.75) is 39.8 Å². The number of aryl methyl sites for hydroxylation is 1. The second-order valence-corrected chi connectivity index (χ2v) is 5.25. The topological polar surface area (TPSA) is 82.8 Å². The van der Waals surface area contributed by atoms with Gasteiger partial charge in [-0.2, -0.15) is 10.1 Å². The SMILES string of the molecule is Cc1nn(Cc2nc(C(C)(C)N)no2)c(C)c1Cl.